The highest BCUT2D eigenvalue weighted by Gasteiger charge is 2.11. The topological polar surface area (TPSA) is 54.4 Å². The van der Waals surface area contributed by atoms with E-state index in [-0.39, 0.29) is 5.56 Å². The molecular weight excluding hydrogens is 268 g/mol. The van der Waals surface area contributed by atoms with E-state index in [1.165, 1.54) is 6.07 Å². The molecule has 0 aliphatic rings. The summed E-state index contributed by atoms with van der Waals surface area (Å²) in [5.41, 5.74) is 0.938. The van der Waals surface area contributed by atoms with E-state index in [1.54, 1.807) is 19.1 Å². The van der Waals surface area contributed by atoms with E-state index in [1.807, 2.05) is 11.8 Å². The Morgan fingerprint density at radius 1 is 1.44 bits per heavy atom. The monoisotopic (exact) mass is 286 g/mol. The molecule has 0 heterocycles. The highest BCUT2D eigenvalue weighted by atomic mass is 32.2. The summed E-state index contributed by atoms with van der Waals surface area (Å²) in [6.07, 6.45) is 0.890. The van der Waals surface area contributed by atoms with E-state index in [4.69, 9.17) is 5.11 Å². The van der Waals surface area contributed by atoms with Gasteiger partial charge in [-0.25, -0.2) is 4.79 Å². The fraction of sp³-hybridized carbons (Fsp3) is 0.462. The van der Waals surface area contributed by atoms with Gasteiger partial charge in [0.2, 0.25) is 0 Å². The molecule has 0 aliphatic carbocycles. The number of hydrogen-bond donors (Lipinski definition) is 1. The summed E-state index contributed by atoms with van der Waals surface area (Å²) in [4.78, 5) is 11.6. The molecule has 1 rings (SSSR count). The second-order valence-corrected chi connectivity index (χ2v) is 6.85. The second kappa shape index (κ2) is 7.59. The molecule has 18 heavy (non-hydrogen) atoms. The summed E-state index contributed by atoms with van der Waals surface area (Å²) in [5.74, 6) is 1.70. The third kappa shape index (κ3) is 4.46. The second-order valence-electron chi connectivity index (χ2n) is 3.88. The summed E-state index contributed by atoms with van der Waals surface area (Å²) in [6.45, 7) is 3.84. The molecule has 0 saturated heterocycles. The van der Waals surface area contributed by atoms with E-state index in [0.29, 0.717) is 16.2 Å². The standard InChI is InChI=1S/C13H18O3S2/c1-3-17-7-4-8-18(16)11-6-5-10(2)12(9-11)13(14)15/h5-6,9H,3-4,7-8H2,1-2H3,(H,14,15). The maximum absolute atomic E-state index is 12.0. The molecule has 1 atom stereocenters. The van der Waals surface area contributed by atoms with Gasteiger partial charge < -0.3 is 5.11 Å². The molecule has 1 unspecified atom stereocenters. The molecule has 1 aromatic carbocycles. The molecular formula is C13H18O3S2. The lowest BCUT2D eigenvalue weighted by Crippen LogP contribution is -2.04. The van der Waals surface area contributed by atoms with Crippen LogP contribution in [-0.2, 0) is 10.8 Å². The quantitative estimate of drug-likeness (QED) is 0.783. The maximum Gasteiger partial charge on any atom is 0.335 e. The summed E-state index contributed by atoms with van der Waals surface area (Å²) >= 11 is 1.83. The molecule has 0 fully saturated rings. The van der Waals surface area contributed by atoms with Gasteiger partial charge in [0.05, 0.1) is 16.4 Å². The van der Waals surface area contributed by atoms with Gasteiger partial charge in [-0.15, -0.1) is 0 Å². The maximum atomic E-state index is 12.0. The van der Waals surface area contributed by atoms with Crippen LogP contribution < -0.4 is 0 Å². The number of carbonyl (C=O) groups is 1. The lowest BCUT2D eigenvalue weighted by atomic mass is 10.1. The number of carboxylic acids is 1. The fourth-order valence-corrected chi connectivity index (χ4v) is 3.46. The molecule has 0 aliphatic heterocycles. The Balaban J connectivity index is 2.68. The fourth-order valence-electron chi connectivity index (χ4n) is 1.53. The number of hydrogen-bond acceptors (Lipinski definition) is 3. The molecule has 100 valence electrons. The van der Waals surface area contributed by atoms with E-state index in [9.17, 15) is 9.00 Å². The highest BCUT2D eigenvalue weighted by molar-refractivity contribution is 7.99. The average molecular weight is 286 g/mol. The normalized spacial score (nSPS) is 12.3. The SMILES string of the molecule is CCSCCCS(=O)c1ccc(C)c(C(=O)O)c1. The van der Waals surface area contributed by atoms with Gasteiger partial charge in [-0.05, 0) is 42.5 Å². The van der Waals surface area contributed by atoms with Crippen LogP contribution in [0.3, 0.4) is 0 Å². The van der Waals surface area contributed by atoms with E-state index in [0.717, 1.165) is 17.9 Å². The van der Waals surface area contributed by atoms with E-state index in [2.05, 4.69) is 6.92 Å². The lowest BCUT2D eigenvalue weighted by molar-refractivity contribution is 0.0696. The number of aromatic carboxylic acids is 1. The van der Waals surface area contributed by atoms with E-state index >= 15 is 0 Å². The van der Waals surface area contributed by atoms with Gasteiger partial charge in [-0.2, -0.15) is 11.8 Å². The molecule has 0 saturated carbocycles. The first-order valence-corrected chi connectivity index (χ1v) is 8.33. The van der Waals surface area contributed by atoms with Crippen molar-refractivity contribution in [1.29, 1.82) is 0 Å². The molecule has 0 spiro atoms. The number of thioether (sulfide) groups is 1. The van der Waals surface area contributed by atoms with Crippen LogP contribution in [0.4, 0.5) is 0 Å². The molecule has 1 aromatic rings. The predicted octanol–water partition coefficient (Wildman–Crippen LogP) is 2.94. The number of carboxylic acid groups (broad SMARTS) is 1. The van der Waals surface area contributed by atoms with Crippen LogP contribution in [0.15, 0.2) is 23.1 Å². The van der Waals surface area contributed by atoms with Crippen molar-refractivity contribution in [3.8, 4) is 0 Å². The minimum absolute atomic E-state index is 0.240. The van der Waals surface area contributed by atoms with Crippen LogP contribution in [-0.4, -0.2) is 32.5 Å². The van der Waals surface area contributed by atoms with Crippen LogP contribution >= 0.6 is 11.8 Å². The lowest BCUT2D eigenvalue weighted by Gasteiger charge is -2.05. The van der Waals surface area contributed by atoms with Crippen LogP contribution in [0.2, 0.25) is 0 Å². The first kappa shape index (κ1) is 15.2. The Hall–Kier alpha value is -0.810. The van der Waals surface area contributed by atoms with Crippen molar-refractivity contribution < 1.29 is 14.1 Å². The number of rotatable bonds is 7. The summed E-state index contributed by atoms with van der Waals surface area (Å²) < 4.78 is 12.0. The van der Waals surface area contributed by atoms with Gasteiger partial charge in [0, 0.05) is 10.6 Å². The van der Waals surface area contributed by atoms with Crippen molar-refractivity contribution >= 4 is 28.5 Å². The van der Waals surface area contributed by atoms with Gasteiger partial charge in [0.1, 0.15) is 0 Å². The smallest absolute Gasteiger partial charge is 0.335 e. The van der Waals surface area contributed by atoms with Gasteiger partial charge >= 0.3 is 5.97 Å². The average Bonchev–Trinajstić information content (AvgIpc) is 2.34. The Labute approximate surface area is 114 Å². The van der Waals surface area contributed by atoms with Crippen molar-refractivity contribution in [3.63, 3.8) is 0 Å². The molecule has 5 heteroatoms. The summed E-state index contributed by atoms with van der Waals surface area (Å²) in [7, 11) is -1.10. The summed E-state index contributed by atoms with van der Waals surface area (Å²) in [5, 5.41) is 9.02. The van der Waals surface area contributed by atoms with Gasteiger partial charge in [-0.1, -0.05) is 13.0 Å². The van der Waals surface area contributed by atoms with Crippen molar-refractivity contribution in [2.24, 2.45) is 0 Å². The van der Waals surface area contributed by atoms with Crippen LogP contribution in [0.25, 0.3) is 0 Å². The van der Waals surface area contributed by atoms with Crippen molar-refractivity contribution in [1.82, 2.24) is 0 Å². The van der Waals surface area contributed by atoms with Crippen molar-refractivity contribution in [2.75, 3.05) is 17.3 Å². The summed E-state index contributed by atoms with van der Waals surface area (Å²) in [6, 6.07) is 5.00. The Morgan fingerprint density at radius 2 is 2.17 bits per heavy atom. The van der Waals surface area contributed by atoms with Crippen LogP contribution in [0.1, 0.15) is 29.3 Å². The zero-order valence-corrected chi connectivity index (χ0v) is 12.3. The first-order chi connectivity index (χ1) is 8.56. The zero-order chi connectivity index (χ0) is 13.5. The molecule has 0 amide bonds. The van der Waals surface area contributed by atoms with E-state index < -0.39 is 16.8 Å². The molecule has 0 aromatic heterocycles. The molecule has 1 N–H and O–H groups in total. The largest absolute Gasteiger partial charge is 0.478 e. The van der Waals surface area contributed by atoms with Crippen LogP contribution in [0.5, 0.6) is 0 Å². The Kier molecular flexibility index (Phi) is 6.43. The van der Waals surface area contributed by atoms with Crippen molar-refractivity contribution in [3.05, 3.63) is 29.3 Å². The third-order valence-corrected chi connectivity index (χ3v) is 4.95. The number of benzene rings is 1. The first-order valence-electron chi connectivity index (χ1n) is 5.86. The molecule has 0 bridgehead atoms. The zero-order valence-electron chi connectivity index (χ0n) is 10.6. The van der Waals surface area contributed by atoms with Crippen molar-refractivity contribution in [2.45, 2.75) is 25.2 Å². The highest BCUT2D eigenvalue weighted by Crippen LogP contribution is 2.15. The minimum Gasteiger partial charge on any atom is -0.478 e. The van der Waals surface area contributed by atoms with Gasteiger partial charge in [0.15, 0.2) is 0 Å². The molecule has 0 radical (unpaired) electrons. The molecule has 3 nitrogen and oxygen atoms in total. The van der Waals surface area contributed by atoms with Gasteiger partial charge in [0.25, 0.3) is 0 Å². The number of aryl methyl sites for hydroxylation is 1. The predicted molar refractivity (Wildman–Crippen MR) is 77.0 cm³/mol. The van der Waals surface area contributed by atoms with Gasteiger partial charge in [-0.3, -0.25) is 4.21 Å². The minimum atomic E-state index is -1.10. The van der Waals surface area contributed by atoms with Crippen LogP contribution in [0, 0.1) is 6.92 Å². The Morgan fingerprint density at radius 3 is 2.78 bits per heavy atom. The Bertz CT molecular complexity index is 444. The third-order valence-electron chi connectivity index (χ3n) is 2.52.